The molecular formula is C18H20N4O2. The Morgan fingerprint density at radius 2 is 1.92 bits per heavy atom. The SMILES string of the molecule is O=C(c1ccc(N2CC(c3ccccn3)C2)nc1)N1CCOCC1. The van der Waals surface area contributed by atoms with E-state index in [9.17, 15) is 4.79 Å². The zero-order valence-corrected chi connectivity index (χ0v) is 13.5. The summed E-state index contributed by atoms with van der Waals surface area (Å²) < 4.78 is 5.28. The lowest BCUT2D eigenvalue weighted by molar-refractivity contribution is 0.0302. The fraction of sp³-hybridized carbons (Fsp3) is 0.389. The van der Waals surface area contributed by atoms with Crippen LogP contribution in [0.5, 0.6) is 0 Å². The first kappa shape index (κ1) is 15.1. The maximum atomic E-state index is 12.4. The summed E-state index contributed by atoms with van der Waals surface area (Å²) in [6.45, 7) is 4.36. The van der Waals surface area contributed by atoms with Crippen LogP contribution in [0.25, 0.3) is 0 Å². The molecule has 0 radical (unpaired) electrons. The summed E-state index contributed by atoms with van der Waals surface area (Å²) >= 11 is 0. The molecule has 6 heteroatoms. The van der Waals surface area contributed by atoms with E-state index in [-0.39, 0.29) is 5.91 Å². The van der Waals surface area contributed by atoms with E-state index in [0.29, 0.717) is 37.8 Å². The van der Waals surface area contributed by atoms with E-state index in [1.54, 1.807) is 6.20 Å². The van der Waals surface area contributed by atoms with Gasteiger partial charge in [0.15, 0.2) is 0 Å². The number of carbonyl (C=O) groups is 1. The highest BCUT2D eigenvalue weighted by atomic mass is 16.5. The van der Waals surface area contributed by atoms with Gasteiger partial charge >= 0.3 is 0 Å². The van der Waals surface area contributed by atoms with Crippen molar-refractivity contribution in [2.45, 2.75) is 5.92 Å². The average molecular weight is 324 g/mol. The molecule has 0 atom stereocenters. The molecule has 24 heavy (non-hydrogen) atoms. The fourth-order valence-electron chi connectivity index (χ4n) is 3.12. The molecule has 2 saturated heterocycles. The van der Waals surface area contributed by atoms with Crippen molar-refractivity contribution in [1.82, 2.24) is 14.9 Å². The molecule has 2 aromatic heterocycles. The van der Waals surface area contributed by atoms with Crippen molar-refractivity contribution in [3.8, 4) is 0 Å². The van der Waals surface area contributed by atoms with E-state index in [1.807, 2.05) is 35.4 Å². The van der Waals surface area contributed by atoms with E-state index in [1.165, 1.54) is 0 Å². The van der Waals surface area contributed by atoms with E-state index in [4.69, 9.17) is 4.74 Å². The van der Waals surface area contributed by atoms with Gasteiger partial charge in [-0.1, -0.05) is 6.07 Å². The predicted octanol–water partition coefficient (Wildman–Crippen LogP) is 1.55. The molecule has 0 spiro atoms. The number of hydrogen-bond donors (Lipinski definition) is 0. The summed E-state index contributed by atoms with van der Waals surface area (Å²) in [7, 11) is 0. The van der Waals surface area contributed by atoms with Crippen molar-refractivity contribution in [2.75, 3.05) is 44.3 Å². The van der Waals surface area contributed by atoms with E-state index in [0.717, 1.165) is 24.6 Å². The molecule has 2 fully saturated rings. The summed E-state index contributed by atoms with van der Waals surface area (Å²) in [5.74, 6) is 1.41. The number of amides is 1. The van der Waals surface area contributed by atoms with Crippen LogP contribution in [0.3, 0.4) is 0 Å². The Morgan fingerprint density at radius 3 is 2.58 bits per heavy atom. The van der Waals surface area contributed by atoms with Crippen LogP contribution in [0, 0.1) is 0 Å². The summed E-state index contributed by atoms with van der Waals surface area (Å²) in [5.41, 5.74) is 1.77. The first-order valence-corrected chi connectivity index (χ1v) is 8.30. The molecule has 6 nitrogen and oxygen atoms in total. The number of anilines is 1. The smallest absolute Gasteiger partial charge is 0.255 e. The van der Waals surface area contributed by atoms with Gasteiger partial charge in [0.25, 0.3) is 5.91 Å². The molecule has 0 aromatic carbocycles. The molecule has 1 amide bonds. The largest absolute Gasteiger partial charge is 0.378 e. The van der Waals surface area contributed by atoms with Gasteiger partial charge in [0.05, 0.1) is 18.8 Å². The molecule has 2 aromatic rings. The summed E-state index contributed by atoms with van der Waals surface area (Å²) in [4.78, 5) is 25.3. The number of pyridine rings is 2. The zero-order valence-electron chi connectivity index (χ0n) is 13.5. The van der Waals surface area contributed by atoms with Gasteiger partial charge in [-0.05, 0) is 24.3 Å². The maximum absolute atomic E-state index is 12.4. The molecule has 4 rings (SSSR count). The van der Waals surface area contributed by atoms with Crippen LogP contribution in [0.2, 0.25) is 0 Å². The molecule has 4 heterocycles. The van der Waals surface area contributed by atoms with Gasteiger partial charge in [-0.25, -0.2) is 4.98 Å². The van der Waals surface area contributed by atoms with Gasteiger partial charge < -0.3 is 14.5 Å². The van der Waals surface area contributed by atoms with Crippen molar-refractivity contribution < 1.29 is 9.53 Å². The van der Waals surface area contributed by atoms with Crippen LogP contribution >= 0.6 is 0 Å². The van der Waals surface area contributed by atoms with Crippen molar-refractivity contribution in [3.05, 3.63) is 54.0 Å². The number of rotatable bonds is 3. The van der Waals surface area contributed by atoms with Crippen LogP contribution in [0.15, 0.2) is 42.7 Å². The van der Waals surface area contributed by atoms with Gasteiger partial charge in [-0.15, -0.1) is 0 Å². The standard InChI is InChI=1S/C18H20N4O2/c23-18(21-7-9-24-10-8-21)14-4-5-17(20-11-14)22-12-15(13-22)16-3-1-2-6-19-16/h1-6,11,15H,7-10,12-13H2. The molecule has 0 bridgehead atoms. The van der Waals surface area contributed by atoms with Crippen LogP contribution in [0.1, 0.15) is 22.0 Å². The van der Waals surface area contributed by atoms with E-state index in [2.05, 4.69) is 20.9 Å². The van der Waals surface area contributed by atoms with Gasteiger partial charge in [-0.2, -0.15) is 0 Å². The number of nitrogens with zero attached hydrogens (tertiary/aromatic N) is 4. The second-order valence-corrected chi connectivity index (χ2v) is 6.17. The summed E-state index contributed by atoms with van der Waals surface area (Å²) in [6.07, 6.45) is 3.52. The molecule has 0 unspecified atom stereocenters. The zero-order chi connectivity index (χ0) is 16.4. The van der Waals surface area contributed by atoms with Gasteiger partial charge in [-0.3, -0.25) is 9.78 Å². The Balaban J connectivity index is 1.37. The summed E-state index contributed by atoms with van der Waals surface area (Å²) in [6, 6.07) is 9.83. The molecular weight excluding hydrogens is 304 g/mol. The molecule has 124 valence electrons. The quantitative estimate of drug-likeness (QED) is 0.857. The molecule has 0 N–H and O–H groups in total. The highest BCUT2D eigenvalue weighted by Gasteiger charge is 2.30. The van der Waals surface area contributed by atoms with Crippen molar-refractivity contribution in [2.24, 2.45) is 0 Å². The second kappa shape index (κ2) is 6.57. The third kappa shape index (κ3) is 2.97. The summed E-state index contributed by atoms with van der Waals surface area (Å²) in [5, 5.41) is 0. The Labute approximate surface area is 141 Å². The third-order valence-electron chi connectivity index (χ3n) is 4.60. The van der Waals surface area contributed by atoms with Crippen LogP contribution in [0.4, 0.5) is 5.82 Å². The Kier molecular flexibility index (Phi) is 4.13. The number of morpholine rings is 1. The number of hydrogen-bond acceptors (Lipinski definition) is 5. The van der Waals surface area contributed by atoms with E-state index >= 15 is 0 Å². The van der Waals surface area contributed by atoms with Crippen molar-refractivity contribution in [1.29, 1.82) is 0 Å². The predicted molar refractivity (Wildman–Crippen MR) is 90.2 cm³/mol. The lowest BCUT2D eigenvalue weighted by atomic mass is 9.96. The number of aromatic nitrogens is 2. The first-order valence-electron chi connectivity index (χ1n) is 8.30. The van der Waals surface area contributed by atoms with E-state index < -0.39 is 0 Å². The monoisotopic (exact) mass is 324 g/mol. The number of ether oxygens (including phenoxy) is 1. The maximum Gasteiger partial charge on any atom is 0.255 e. The van der Waals surface area contributed by atoms with Crippen LogP contribution < -0.4 is 4.90 Å². The molecule has 2 aliphatic heterocycles. The highest BCUT2D eigenvalue weighted by Crippen LogP contribution is 2.29. The van der Waals surface area contributed by atoms with Gasteiger partial charge in [0, 0.05) is 50.2 Å². The lowest BCUT2D eigenvalue weighted by Gasteiger charge is -2.39. The van der Waals surface area contributed by atoms with Gasteiger partial charge in [0.2, 0.25) is 0 Å². The first-order chi connectivity index (χ1) is 11.8. The Bertz CT molecular complexity index is 693. The minimum Gasteiger partial charge on any atom is -0.378 e. The van der Waals surface area contributed by atoms with Gasteiger partial charge in [0.1, 0.15) is 5.82 Å². The Hall–Kier alpha value is -2.47. The third-order valence-corrected chi connectivity index (χ3v) is 4.60. The van der Waals surface area contributed by atoms with Crippen molar-refractivity contribution in [3.63, 3.8) is 0 Å². The highest BCUT2D eigenvalue weighted by molar-refractivity contribution is 5.94. The molecule has 0 aliphatic carbocycles. The second-order valence-electron chi connectivity index (χ2n) is 6.17. The van der Waals surface area contributed by atoms with Crippen LogP contribution in [-0.2, 0) is 4.74 Å². The van der Waals surface area contributed by atoms with Crippen molar-refractivity contribution >= 4 is 11.7 Å². The number of carbonyl (C=O) groups excluding carboxylic acids is 1. The lowest BCUT2D eigenvalue weighted by Crippen LogP contribution is -2.45. The van der Waals surface area contributed by atoms with Crippen LogP contribution in [-0.4, -0.2) is 60.2 Å². The molecule has 0 saturated carbocycles. The normalized spacial score (nSPS) is 18.3. The average Bonchev–Trinajstić information content (AvgIpc) is 2.62. The topological polar surface area (TPSA) is 58.6 Å². The Morgan fingerprint density at radius 1 is 1.08 bits per heavy atom. The minimum atomic E-state index is 0.0346. The molecule has 2 aliphatic rings. The minimum absolute atomic E-state index is 0.0346. The fourth-order valence-corrected chi connectivity index (χ4v) is 3.12.